The van der Waals surface area contributed by atoms with Gasteiger partial charge in [-0.05, 0) is 60.8 Å². The second kappa shape index (κ2) is 6.74. The molecule has 1 aromatic rings. The van der Waals surface area contributed by atoms with E-state index >= 15 is 0 Å². The van der Waals surface area contributed by atoms with Crippen LogP contribution >= 0.6 is 15.9 Å². The molecule has 0 fully saturated rings. The van der Waals surface area contributed by atoms with E-state index in [0.29, 0.717) is 16.6 Å². The zero-order valence-electron chi connectivity index (χ0n) is 11.7. The average molecular weight is 344 g/mol. The quantitative estimate of drug-likeness (QED) is 0.871. The zero-order valence-corrected chi connectivity index (χ0v) is 13.3. The van der Waals surface area contributed by atoms with Crippen LogP contribution in [0.2, 0.25) is 0 Å². The minimum Gasteiger partial charge on any atom is -0.481 e. The van der Waals surface area contributed by atoms with Gasteiger partial charge in [-0.2, -0.15) is 0 Å². The fourth-order valence-electron chi connectivity index (χ4n) is 1.49. The maximum absolute atomic E-state index is 11.7. The van der Waals surface area contributed by atoms with Crippen LogP contribution in [0.3, 0.4) is 0 Å². The Balaban J connectivity index is 2.76. The number of hydrogen-bond donors (Lipinski definition) is 2. The predicted molar refractivity (Wildman–Crippen MR) is 80.0 cm³/mol. The van der Waals surface area contributed by atoms with E-state index in [9.17, 15) is 9.59 Å². The van der Waals surface area contributed by atoms with Crippen LogP contribution in [0.4, 0.5) is 10.5 Å². The van der Waals surface area contributed by atoms with Crippen molar-refractivity contribution in [2.45, 2.75) is 39.2 Å². The normalized spacial score (nSPS) is 11.0. The molecule has 0 aliphatic carbocycles. The summed E-state index contributed by atoms with van der Waals surface area (Å²) >= 11 is 3.33. The summed E-state index contributed by atoms with van der Waals surface area (Å²) in [6.07, 6.45) is -0.0901. The number of benzene rings is 1. The van der Waals surface area contributed by atoms with Gasteiger partial charge in [0.1, 0.15) is 5.60 Å². The Morgan fingerprint density at radius 2 is 2.00 bits per heavy atom. The highest BCUT2D eigenvalue weighted by Crippen LogP contribution is 2.25. The van der Waals surface area contributed by atoms with Gasteiger partial charge in [0.05, 0.1) is 5.69 Å². The van der Waals surface area contributed by atoms with E-state index in [0.717, 1.165) is 5.56 Å². The van der Waals surface area contributed by atoms with Gasteiger partial charge in [0, 0.05) is 10.9 Å². The van der Waals surface area contributed by atoms with Gasteiger partial charge in [-0.25, -0.2) is 4.79 Å². The number of rotatable bonds is 4. The largest absolute Gasteiger partial charge is 0.481 e. The van der Waals surface area contributed by atoms with Crippen molar-refractivity contribution in [2.24, 2.45) is 0 Å². The Morgan fingerprint density at radius 1 is 1.35 bits per heavy atom. The predicted octanol–water partition coefficient (Wildman–Crippen LogP) is 3.81. The first-order valence-corrected chi connectivity index (χ1v) is 6.97. The number of aliphatic carboxylic acids is 1. The average Bonchev–Trinajstić information content (AvgIpc) is 2.27. The highest BCUT2D eigenvalue weighted by atomic mass is 79.9. The number of carboxylic acid groups (broad SMARTS) is 1. The molecule has 5 nitrogen and oxygen atoms in total. The number of halogens is 1. The third-order valence-electron chi connectivity index (χ3n) is 2.29. The van der Waals surface area contributed by atoms with Crippen LogP contribution in [0.25, 0.3) is 0 Å². The molecule has 0 heterocycles. The molecule has 1 rings (SSSR count). The minimum atomic E-state index is -0.852. The summed E-state index contributed by atoms with van der Waals surface area (Å²) in [5, 5.41) is 11.3. The third kappa shape index (κ3) is 6.06. The summed E-state index contributed by atoms with van der Waals surface area (Å²) < 4.78 is 5.88. The molecule has 6 heteroatoms. The van der Waals surface area contributed by atoms with Crippen molar-refractivity contribution in [3.05, 3.63) is 28.2 Å². The van der Waals surface area contributed by atoms with Gasteiger partial charge in [-0.1, -0.05) is 6.07 Å². The minimum absolute atomic E-state index is 0.0491. The summed E-state index contributed by atoms with van der Waals surface area (Å²) in [6, 6.07) is 5.31. The topological polar surface area (TPSA) is 75.6 Å². The van der Waals surface area contributed by atoms with Gasteiger partial charge in [-0.15, -0.1) is 0 Å². The van der Waals surface area contributed by atoms with E-state index in [1.54, 1.807) is 32.9 Å². The SMILES string of the molecule is CC(C)(C)OC(=O)Nc1cc(CCC(=O)O)ccc1Br. The van der Waals surface area contributed by atoms with Gasteiger partial charge < -0.3 is 9.84 Å². The molecule has 0 aromatic heterocycles. The Kier molecular flexibility index (Phi) is 5.56. The number of carbonyl (C=O) groups excluding carboxylic acids is 1. The number of carboxylic acids is 1. The van der Waals surface area contributed by atoms with Crippen molar-refractivity contribution in [3.63, 3.8) is 0 Å². The van der Waals surface area contributed by atoms with Gasteiger partial charge in [0.15, 0.2) is 0 Å². The maximum Gasteiger partial charge on any atom is 0.412 e. The Labute approximate surface area is 126 Å². The molecule has 0 atom stereocenters. The van der Waals surface area contributed by atoms with E-state index in [1.165, 1.54) is 0 Å². The summed E-state index contributed by atoms with van der Waals surface area (Å²) in [5.41, 5.74) is 0.820. The van der Waals surface area contributed by atoms with Crippen molar-refractivity contribution in [1.82, 2.24) is 0 Å². The molecule has 20 heavy (non-hydrogen) atoms. The molecule has 0 saturated heterocycles. The van der Waals surface area contributed by atoms with Crippen LogP contribution in [0.5, 0.6) is 0 Å². The molecule has 2 N–H and O–H groups in total. The maximum atomic E-state index is 11.7. The van der Waals surface area contributed by atoms with Crippen LogP contribution in [-0.2, 0) is 16.0 Å². The van der Waals surface area contributed by atoms with Gasteiger partial charge >= 0.3 is 12.1 Å². The lowest BCUT2D eigenvalue weighted by Crippen LogP contribution is -2.27. The van der Waals surface area contributed by atoms with Crippen molar-refractivity contribution in [3.8, 4) is 0 Å². The zero-order chi connectivity index (χ0) is 15.3. The molecule has 0 bridgehead atoms. The fourth-order valence-corrected chi connectivity index (χ4v) is 1.83. The number of amides is 1. The molecule has 1 aromatic carbocycles. The Morgan fingerprint density at radius 3 is 2.55 bits per heavy atom. The fraction of sp³-hybridized carbons (Fsp3) is 0.429. The van der Waals surface area contributed by atoms with Crippen molar-refractivity contribution in [2.75, 3.05) is 5.32 Å². The van der Waals surface area contributed by atoms with E-state index in [2.05, 4.69) is 21.2 Å². The van der Waals surface area contributed by atoms with E-state index in [4.69, 9.17) is 9.84 Å². The number of hydrogen-bond acceptors (Lipinski definition) is 3. The number of aryl methyl sites for hydroxylation is 1. The molecule has 0 radical (unpaired) electrons. The monoisotopic (exact) mass is 343 g/mol. The second-order valence-electron chi connectivity index (χ2n) is 5.33. The summed E-state index contributed by atoms with van der Waals surface area (Å²) in [6.45, 7) is 5.35. The second-order valence-corrected chi connectivity index (χ2v) is 6.19. The van der Waals surface area contributed by atoms with Crippen molar-refractivity contribution < 1.29 is 19.4 Å². The van der Waals surface area contributed by atoms with Crippen LogP contribution in [0.15, 0.2) is 22.7 Å². The van der Waals surface area contributed by atoms with Crippen LogP contribution in [0, 0.1) is 0 Å². The van der Waals surface area contributed by atoms with E-state index in [-0.39, 0.29) is 6.42 Å². The van der Waals surface area contributed by atoms with Gasteiger partial charge in [0.2, 0.25) is 0 Å². The van der Waals surface area contributed by atoms with Crippen LogP contribution in [0.1, 0.15) is 32.8 Å². The summed E-state index contributed by atoms with van der Waals surface area (Å²) in [5.74, 6) is -0.852. The molecule has 0 spiro atoms. The lowest BCUT2D eigenvalue weighted by molar-refractivity contribution is -0.136. The molecule has 0 aliphatic heterocycles. The number of anilines is 1. The Hall–Kier alpha value is -1.56. The highest BCUT2D eigenvalue weighted by molar-refractivity contribution is 9.10. The summed E-state index contributed by atoms with van der Waals surface area (Å²) in [4.78, 5) is 22.3. The molecule has 110 valence electrons. The smallest absolute Gasteiger partial charge is 0.412 e. The highest BCUT2D eigenvalue weighted by Gasteiger charge is 2.17. The molecule has 0 aliphatic rings. The first kappa shape index (κ1) is 16.5. The first-order valence-electron chi connectivity index (χ1n) is 6.17. The van der Waals surface area contributed by atoms with Crippen LogP contribution < -0.4 is 5.32 Å². The standard InChI is InChI=1S/C14H18BrNO4/c1-14(2,3)20-13(19)16-11-8-9(4-6-10(11)15)5-7-12(17)18/h4,6,8H,5,7H2,1-3H3,(H,16,19)(H,17,18). The first-order chi connectivity index (χ1) is 9.17. The molecule has 0 saturated carbocycles. The van der Waals surface area contributed by atoms with Crippen molar-refractivity contribution in [1.29, 1.82) is 0 Å². The number of carbonyl (C=O) groups is 2. The van der Waals surface area contributed by atoms with E-state index in [1.807, 2.05) is 6.07 Å². The molecule has 1 amide bonds. The molecule has 0 unspecified atom stereocenters. The lowest BCUT2D eigenvalue weighted by Gasteiger charge is -2.20. The number of nitrogens with one attached hydrogen (secondary N) is 1. The molecular weight excluding hydrogens is 326 g/mol. The third-order valence-corrected chi connectivity index (χ3v) is 2.99. The van der Waals surface area contributed by atoms with E-state index < -0.39 is 17.7 Å². The Bertz CT molecular complexity index is 508. The number of ether oxygens (including phenoxy) is 1. The lowest BCUT2D eigenvalue weighted by atomic mass is 10.1. The van der Waals surface area contributed by atoms with Crippen molar-refractivity contribution >= 4 is 33.7 Å². The van der Waals surface area contributed by atoms with Crippen LogP contribution in [-0.4, -0.2) is 22.8 Å². The van der Waals surface area contributed by atoms with Gasteiger partial charge in [-0.3, -0.25) is 10.1 Å². The van der Waals surface area contributed by atoms with Gasteiger partial charge in [0.25, 0.3) is 0 Å². The summed E-state index contributed by atoms with van der Waals surface area (Å²) in [7, 11) is 0. The molecular formula is C14H18BrNO4.